The average Bonchev–Trinajstić information content (AvgIpc) is 3.25. The monoisotopic (exact) mass is 440 g/mol. The van der Waals surface area contributed by atoms with Crippen molar-refractivity contribution in [3.05, 3.63) is 39.0 Å². The normalized spacial score (nSPS) is 15.2. The van der Waals surface area contributed by atoms with Crippen LogP contribution in [0.15, 0.2) is 6.33 Å². The van der Waals surface area contributed by atoms with Gasteiger partial charge in [0.1, 0.15) is 17.7 Å². The van der Waals surface area contributed by atoms with E-state index in [1.165, 1.54) is 34.9 Å². The van der Waals surface area contributed by atoms with Crippen LogP contribution >= 0.6 is 22.9 Å². The zero-order valence-electron chi connectivity index (χ0n) is 15.4. The lowest BCUT2D eigenvalue weighted by atomic mass is 10.1. The van der Waals surface area contributed by atoms with Crippen molar-refractivity contribution in [1.29, 1.82) is 0 Å². The number of rotatable bonds is 2. The first-order chi connectivity index (χ1) is 13.8. The Kier molecular flexibility index (Phi) is 4.32. The smallest absolute Gasteiger partial charge is 0.260 e. The van der Waals surface area contributed by atoms with Gasteiger partial charge < -0.3 is 0 Å². The summed E-state index contributed by atoms with van der Waals surface area (Å²) in [5, 5.41) is 8.67. The summed E-state index contributed by atoms with van der Waals surface area (Å²) in [4.78, 5) is 11.4. The quantitative estimate of drug-likeness (QED) is 0.419. The number of aryl methyl sites for hydroxylation is 2. The Morgan fingerprint density at radius 1 is 1.17 bits per heavy atom. The number of hydrogen-bond acceptors (Lipinski definition) is 5. The molecule has 0 amide bonds. The van der Waals surface area contributed by atoms with Crippen molar-refractivity contribution in [2.45, 2.75) is 51.7 Å². The molecule has 0 aromatic carbocycles. The van der Waals surface area contributed by atoms with Gasteiger partial charge in [0.05, 0.1) is 16.1 Å². The standard InChI is InChI=1S/C18H16ClF3N6S/c1-9-14(19)15(18(20,21)22)26-27(9)7-12-24-16-13-10-5-3-2-4-6-11(10)29-17(13)23-8-28(16)25-12/h8H,2-7H2,1H3. The van der Waals surface area contributed by atoms with Gasteiger partial charge in [-0.3, -0.25) is 4.68 Å². The summed E-state index contributed by atoms with van der Waals surface area (Å²) in [5.41, 5.74) is 1.12. The minimum atomic E-state index is -4.61. The van der Waals surface area contributed by atoms with Gasteiger partial charge >= 0.3 is 6.18 Å². The molecule has 6 nitrogen and oxygen atoms in total. The van der Waals surface area contributed by atoms with Crippen LogP contribution in [0, 0.1) is 6.92 Å². The van der Waals surface area contributed by atoms with E-state index in [1.807, 2.05) is 0 Å². The second-order valence-electron chi connectivity index (χ2n) is 7.19. The predicted molar refractivity (Wildman–Crippen MR) is 104 cm³/mol. The van der Waals surface area contributed by atoms with Crippen molar-refractivity contribution in [1.82, 2.24) is 29.4 Å². The highest BCUT2D eigenvalue weighted by atomic mass is 35.5. The molecule has 152 valence electrons. The van der Waals surface area contributed by atoms with Crippen molar-refractivity contribution in [3.63, 3.8) is 0 Å². The molecule has 0 spiro atoms. The minimum absolute atomic E-state index is 0.00284. The highest BCUT2D eigenvalue weighted by Crippen LogP contribution is 2.37. The first-order valence-electron chi connectivity index (χ1n) is 9.27. The molecule has 11 heteroatoms. The van der Waals surface area contributed by atoms with Gasteiger partial charge in [-0.25, -0.2) is 14.5 Å². The Hall–Kier alpha value is -2.20. The maximum atomic E-state index is 13.1. The van der Waals surface area contributed by atoms with Gasteiger partial charge in [-0.2, -0.15) is 18.3 Å². The van der Waals surface area contributed by atoms with Crippen LogP contribution in [0.25, 0.3) is 15.9 Å². The zero-order chi connectivity index (χ0) is 20.3. The van der Waals surface area contributed by atoms with E-state index in [0.717, 1.165) is 29.5 Å². The van der Waals surface area contributed by atoms with Crippen molar-refractivity contribution < 1.29 is 13.2 Å². The van der Waals surface area contributed by atoms with Gasteiger partial charge in [0.25, 0.3) is 0 Å². The third-order valence-electron chi connectivity index (χ3n) is 5.28. The van der Waals surface area contributed by atoms with Gasteiger partial charge in [0.15, 0.2) is 17.2 Å². The fourth-order valence-electron chi connectivity index (χ4n) is 3.84. The second kappa shape index (κ2) is 6.66. The molecule has 29 heavy (non-hydrogen) atoms. The first kappa shape index (κ1) is 18.8. The van der Waals surface area contributed by atoms with E-state index < -0.39 is 16.9 Å². The van der Waals surface area contributed by atoms with E-state index in [1.54, 1.807) is 22.2 Å². The fraction of sp³-hybridized carbons (Fsp3) is 0.444. The van der Waals surface area contributed by atoms with Crippen LogP contribution in [0.3, 0.4) is 0 Å². The molecule has 0 N–H and O–H groups in total. The number of halogens is 4. The number of aromatic nitrogens is 6. The minimum Gasteiger partial charge on any atom is -0.260 e. The second-order valence-corrected chi connectivity index (χ2v) is 8.65. The van der Waals surface area contributed by atoms with E-state index in [-0.39, 0.29) is 12.2 Å². The van der Waals surface area contributed by atoms with Crippen LogP contribution in [0.2, 0.25) is 5.02 Å². The number of fused-ring (bicyclic) bond motifs is 5. The largest absolute Gasteiger partial charge is 0.436 e. The molecule has 0 unspecified atom stereocenters. The van der Waals surface area contributed by atoms with Crippen LogP contribution in [-0.2, 0) is 25.6 Å². The summed E-state index contributed by atoms with van der Waals surface area (Å²) >= 11 is 7.54. The molecular weight excluding hydrogens is 425 g/mol. The molecule has 5 rings (SSSR count). The van der Waals surface area contributed by atoms with Gasteiger partial charge in [0.2, 0.25) is 0 Å². The first-order valence-corrected chi connectivity index (χ1v) is 10.5. The highest BCUT2D eigenvalue weighted by molar-refractivity contribution is 7.19. The van der Waals surface area contributed by atoms with Gasteiger partial charge in [-0.15, -0.1) is 16.4 Å². The van der Waals surface area contributed by atoms with Crippen LogP contribution in [0.1, 0.15) is 46.9 Å². The van der Waals surface area contributed by atoms with E-state index in [0.29, 0.717) is 11.5 Å². The highest BCUT2D eigenvalue weighted by Gasteiger charge is 2.38. The number of nitrogens with zero attached hydrogens (tertiary/aromatic N) is 6. The zero-order valence-corrected chi connectivity index (χ0v) is 17.0. The summed E-state index contributed by atoms with van der Waals surface area (Å²) in [6.07, 6.45) is 2.55. The topological polar surface area (TPSA) is 60.9 Å². The van der Waals surface area contributed by atoms with Crippen molar-refractivity contribution >= 4 is 38.8 Å². The average molecular weight is 441 g/mol. The molecule has 0 saturated heterocycles. The molecule has 4 aromatic heterocycles. The lowest BCUT2D eigenvalue weighted by molar-refractivity contribution is -0.141. The Morgan fingerprint density at radius 3 is 2.72 bits per heavy atom. The Bertz CT molecular complexity index is 1240. The fourth-order valence-corrected chi connectivity index (χ4v) is 5.30. The third-order valence-corrected chi connectivity index (χ3v) is 6.93. The van der Waals surface area contributed by atoms with Gasteiger partial charge in [-0.05, 0) is 38.2 Å². The molecule has 4 aromatic rings. The lowest BCUT2D eigenvalue weighted by Gasteiger charge is -2.01. The maximum absolute atomic E-state index is 13.1. The van der Waals surface area contributed by atoms with Crippen LogP contribution in [-0.4, -0.2) is 29.4 Å². The summed E-state index contributed by atoms with van der Waals surface area (Å²) in [7, 11) is 0. The van der Waals surface area contributed by atoms with Crippen LogP contribution in [0.4, 0.5) is 13.2 Å². The van der Waals surface area contributed by atoms with E-state index >= 15 is 0 Å². The Balaban J connectivity index is 1.59. The summed E-state index contributed by atoms with van der Waals surface area (Å²) in [6.45, 7) is 1.50. The number of alkyl halides is 3. The van der Waals surface area contributed by atoms with Crippen LogP contribution in [0.5, 0.6) is 0 Å². The molecule has 0 atom stereocenters. The molecule has 4 heterocycles. The molecule has 1 aliphatic rings. The van der Waals surface area contributed by atoms with Crippen molar-refractivity contribution in [3.8, 4) is 0 Å². The summed E-state index contributed by atoms with van der Waals surface area (Å²) in [6, 6.07) is 0. The number of hydrogen-bond donors (Lipinski definition) is 0. The Labute approximate surface area is 172 Å². The molecule has 0 aliphatic heterocycles. The van der Waals surface area contributed by atoms with Crippen molar-refractivity contribution in [2.24, 2.45) is 0 Å². The Morgan fingerprint density at radius 2 is 1.97 bits per heavy atom. The molecule has 0 bridgehead atoms. The van der Waals surface area contributed by atoms with E-state index in [4.69, 9.17) is 11.6 Å². The molecule has 0 saturated carbocycles. The van der Waals surface area contributed by atoms with E-state index in [9.17, 15) is 13.2 Å². The predicted octanol–water partition coefficient (Wildman–Crippen LogP) is 4.83. The summed E-state index contributed by atoms with van der Waals surface area (Å²) < 4.78 is 42.0. The molecule has 1 aliphatic carbocycles. The van der Waals surface area contributed by atoms with Crippen LogP contribution < -0.4 is 0 Å². The summed E-state index contributed by atoms with van der Waals surface area (Å²) in [5.74, 6) is 0.365. The maximum Gasteiger partial charge on any atom is 0.436 e. The van der Waals surface area contributed by atoms with Crippen molar-refractivity contribution in [2.75, 3.05) is 0 Å². The SMILES string of the molecule is Cc1c(Cl)c(C(F)(F)F)nn1Cc1nc2c3c4c(sc3ncn2n1)CCCCC4. The third kappa shape index (κ3) is 3.09. The van der Waals surface area contributed by atoms with Gasteiger partial charge in [0, 0.05) is 4.88 Å². The molecular formula is C18H16ClF3N6S. The van der Waals surface area contributed by atoms with E-state index in [2.05, 4.69) is 20.2 Å². The lowest BCUT2D eigenvalue weighted by Crippen LogP contribution is -2.10. The number of thiophene rings is 1. The molecule has 0 fully saturated rings. The molecule has 0 radical (unpaired) electrons. The van der Waals surface area contributed by atoms with Gasteiger partial charge in [-0.1, -0.05) is 18.0 Å².